The first-order chi connectivity index (χ1) is 14.0. The summed E-state index contributed by atoms with van der Waals surface area (Å²) in [4.78, 5) is 25.7. The van der Waals surface area contributed by atoms with Gasteiger partial charge in [-0.2, -0.15) is 0 Å². The number of para-hydroxylation sites is 1. The van der Waals surface area contributed by atoms with E-state index in [9.17, 15) is 24.9 Å². The summed E-state index contributed by atoms with van der Waals surface area (Å²) in [6.07, 6.45) is 1.45. The van der Waals surface area contributed by atoms with Crippen molar-refractivity contribution in [1.29, 1.82) is 0 Å². The monoisotopic (exact) mass is 392 g/mol. The summed E-state index contributed by atoms with van der Waals surface area (Å²) in [6, 6.07) is 8.66. The van der Waals surface area contributed by atoms with E-state index in [1.807, 2.05) is 0 Å². The highest BCUT2D eigenvalue weighted by atomic mass is 16.6. The van der Waals surface area contributed by atoms with E-state index in [0.717, 1.165) is 12.1 Å². The van der Waals surface area contributed by atoms with Gasteiger partial charge in [0, 0.05) is 17.7 Å². The molecule has 2 aromatic heterocycles. The minimum Gasteiger partial charge on any atom is -0.508 e. The largest absolute Gasteiger partial charge is 0.508 e. The summed E-state index contributed by atoms with van der Waals surface area (Å²) in [6.45, 7) is -0.0118. The summed E-state index contributed by atoms with van der Waals surface area (Å²) in [5.41, 5.74) is -1.55. The number of phenols is 2. The smallest absolute Gasteiger partial charge is 0.348 e. The molecule has 0 radical (unpaired) electrons. The van der Waals surface area contributed by atoms with Crippen molar-refractivity contribution >= 4 is 27.5 Å². The van der Waals surface area contributed by atoms with Crippen LogP contribution < -0.4 is 15.8 Å². The number of aromatic hydroxyl groups is 3. The highest BCUT2D eigenvalue weighted by Crippen LogP contribution is 2.42. The topological polar surface area (TPSA) is 130 Å². The highest BCUT2D eigenvalue weighted by molar-refractivity contribution is 5.97. The van der Waals surface area contributed by atoms with Crippen molar-refractivity contribution < 1.29 is 28.9 Å². The molecule has 3 heterocycles. The Morgan fingerprint density at radius 1 is 0.897 bits per heavy atom. The van der Waals surface area contributed by atoms with Crippen LogP contribution in [0.25, 0.3) is 27.5 Å². The number of hydrogen-bond acceptors (Lipinski definition) is 8. The van der Waals surface area contributed by atoms with Crippen molar-refractivity contribution in [3.8, 4) is 23.2 Å². The fourth-order valence-corrected chi connectivity index (χ4v) is 3.50. The maximum atomic E-state index is 13.1. The van der Waals surface area contributed by atoms with Gasteiger partial charge in [0.25, 0.3) is 5.95 Å². The van der Waals surface area contributed by atoms with Gasteiger partial charge in [-0.3, -0.25) is 4.79 Å². The molecule has 1 aliphatic rings. The molecule has 0 saturated heterocycles. The Morgan fingerprint density at radius 3 is 2.52 bits per heavy atom. The molecule has 0 bridgehead atoms. The van der Waals surface area contributed by atoms with Crippen LogP contribution in [0, 0.1) is 0 Å². The van der Waals surface area contributed by atoms with Crippen LogP contribution in [0.1, 0.15) is 11.1 Å². The lowest BCUT2D eigenvalue weighted by atomic mass is 9.95. The predicted octanol–water partition coefficient (Wildman–Crippen LogP) is 2.84. The van der Waals surface area contributed by atoms with Gasteiger partial charge in [0.1, 0.15) is 51.5 Å². The Labute approximate surface area is 161 Å². The molecule has 0 amide bonds. The second kappa shape index (κ2) is 5.90. The summed E-state index contributed by atoms with van der Waals surface area (Å²) in [7, 11) is 0. The van der Waals surface area contributed by atoms with E-state index < -0.39 is 22.6 Å². The van der Waals surface area contributed by atoms with Crippen molar-refractivity contribution in [2.45, 2.75) is 0 Å². The lowest BCUT2D eigenvalue weighted by Gasteiger charge is -2.18. The summed E-state index contributed by atoms with van der Waals surface area (Å²) in [5.74, 6) is -1.49. The van der Waals surface area contributed by atoms with E-state index in [-0.39, 0.29) is 51.4 Å². The van der Waals surface area contributed by atoms with Crippen molar-refractivity contribution in [3.63, 3.8) is 0 Å². The van der Waals surface area contributed by atoms with Gasteiger partial charge in [-0.15, -0.1) is 0 Å². The third-order valence-electron chi connectivity index (χ3n) is 4.75. The molecule has 0 spiro atoms. The number of ether oxygens (including phenoxy) is 1. The minimum atomic E-state index is -0.952. The van der Waals surface area contributed by atoms with Gasteiger partial charge in [0.05, 0.1) is 5.39 Å². The zero-order valence-corrected chi connectivity index (χ0v) is 14.6. The Kier molecular flexibility index (Phi) is 3.44. The fraction of sp³-hybridized carbons (Fsp3) is 0.0476. The van der Waals surface area contributed by atoms with Crippen LogP contribution in [0.4, 0.5) is 0 Å². The fourth-order valence-electron chi connectivity index (χ4n) is 3.50. The van der Waals surface area contributed by atoms with Crippen LogP contribution in [0.3, 0.4) is 0 Å². The molecule has 4 aromatic rings. The van der Waals surface area contributed by atoms with Gasteiger partial charge < -0.3 is 28.9 Å². The van der Waals surface area contributed by atoms with E-state index in [1.165, 1.54) is 6.08 Å². The van der Waals surface area contributed by atoms with Crippen LogP contribution in [-0.2, 0) is 0 Å². The van der Waals surface area contributed by atoms with E-state index in [2.05, 4.69) is 0 Å². The predicted molar refractivity (Wildman–Crippen MR) is 103 cm³/mol. The maximum absolute atomic E-state index is 13.1. The molecule has 2 aromatic carbocycles. The van der Waals surface area contributed by atoms with E-state index in [0.29, 0.717) is 5.58 Å². The molecule has 0 aliphatic carbocycles. The van der Waals surface area contributed by atoms with Crippen LogP contribution >= 0.6 is 0 Å². The Morgan fingerprint density at radius 2 is 1.69 bits per heavy atom. The Hall–Kier alpha value is -4.20. The first-order valence-corrected chi connectivity index (χ1v) is 8.57. The molecule has 0 saturated carbocycles. The third-order valence-corrected chi connectivity index (χ3v) is 4.75. The average Bonchev–Trinajstić information content (AvgIpc) is 2.67. The van der Waals surface area contributed by atoms with Crippen molar-refractivity contribution in [2.75, 3.05) is 6.61 Å². The third kappa shape index (κ3) is 2.39. The van der Waals surface area contributed by atoms with Crippen LogP contribution in [0.15, 0.2) is 60.9 Å². The number of fused-ring (bicyclic) bond motifs is 3. The van der Waals surface area contributed by atoms with Gasteiger partial charge in [0.2, 0.25) is 5.43 Å². The molecule has 0 unspecified atom stereocenters. The number of benzene rings is 2. The molecule has 8 heteroatoms. The van der Waals surface area contributed by atoms with Gasteiger partial charge in [0.15, 0.2) is 0 Å². The molecular formula is C21H12O8. The molecule has 5 rings (SSSR count). The van der Waals surface area contributed by atoms with Crippen LogP contribution in [-0.4, -0.2) is 21.9 Å². The van der Waals surface area contributed by atoms with Gasteiger partial charge in [-0.05, 0) is 18.2 Å². The summed E-state index contributed by atoms with van der Waals surface area (Å²) in [5, 5.41) is 30.6. The SMILES string of the molecule is O=c1oc2cc(O)cc(O)c2c(O)c1C1=CCOc2oc3ccccc3c(=O)c21. The van der Waals surface area contributed by atoms with Gasteiger partial charge in [-0.25, -0.2) is 4.79 Å². The summed E-state index contributed by atoms with van der Waals surface area (Å²) < 4.78 is 16.3. The van der Waals surface area contributed by atoms with Gasteiger partial charge in [-0.1, -0.05) is 12.1 Å². The average molecular weight is 392 g/mol. The quantitative estimate of drug-likeness (QED) is 0.422. The second-order valence-electron chi connectivity index (χ2n) is 6.47. The lowest BCUT2D eigenvalue weighted by molar-refractivity contribution is 0.270. The molecule has 8 nitrogen and oxygen atoms in total. The van der Waals surface area contributed by atoms with Crippen LogP contribution in [0.5, 0.6) is 23.2 Å². The van der Waals surface area contributed by atoms with E-state index >= 15 is 0 Å². The van der Waals surface area contributed by atoms with E-state index in [1.54, 1.807) is 24.3 Å². The Bertz CT molecular complexity index is 1470. The van der Waals surface area contributed by atoms with E-state index in [4.69, 9.17) is 13.6 Å². The second-order valence-corrected chi connectivity index (χ2v) is 6.47. The molecule has 144 valence electrons. The van der Waals surface area contributed by atoms with Crippen molar-refractivity contribution in [1.82, 2.24) is 0 Å². The molecule has 0 atom stereocenters. The zero-order chi connectivity index (χ0) is 20.3. The lowest BCUT2D eigenvalue weighted by Crippen LogP contribution is -2.19. The molecule has 1 aliphatic heterocycles. The van der Waals surface area contributed by atoms with Crippen molar-refractivity contribution in [3.05, 3.63) is 74.2 Å². The normalized spacial score (nSPS) is 13.2. The maximum Gasteiger partial charge on any atom is 0.348 e. The first-order valence-electron chi connectivity index (χ1n) is 8.57. The molecular weight excluding hydrogens is 380 g/mol. The van der Waals surface area contributed by atoms with Gasteiger partial charge >= 0.3 is 5.63 Å². The zero-order valence-electron chi connectivity index (χ0n) is 14.6. The van der Waals surface area contributed by atoms with Crippen LogP contribution in [0.2, 0.25) is 0 Å². The minimum absolute atomic E-state index is 0.0118. The molecule has 3 N–H and O–H groups in total. The number of hydrogen-bond donors (Lipinski definition) is 3. The summed E-state index contributed by atoms with van der Waals surface area (Å²) >= 11 is 0. The number of rotatable bonds is 1. The Balaban J connectivity index is 1.86. The van der Waals surface area contributed by atoms with Crippen molar-refractivity contribution in [2.24, 2.45) is 0 Å². The first kappa shape index (κ1) is 16.9. The molecule has 29 heavy (non-hydrogen) atoms. The molecule has 0 fully saturated rings. The number of phenolic OH excluding ortho intramolecular Hbond substituents is 2. The highest BCUT2D eigenvalue weighted by Gasteiger charge is 2.29. The standard InChI is InChI=1S/C21H12O8/c22-9-7-12(23)17-14(8-9)28-20(26)15(19(17)25)11-5-6-27-21-16(11)18(24)10-3-1-2-4-13(10)29-21/h1-5,7-8,22-23,25H,6H2.